The molecule has 2 fully saturated rings. The van der Waals surface area contributed by atoms with Crippen LogP contribution in [0, 0.1) is 5.41 Å². The van der Waals surface area contributed by atoms with Crippen LogP contribution in [0.2, 0.25) is 0 Å². The number of fused-ring (bicyclic) bond motifs is 1. The summed E-state index contributed by atoms with van der Waals surface area (Å²) in [5.41, 5.74) is 1.46. The number of aromatic nitrogens is 2. The van der Waals surface area contributed by atoms with Crippen molar-refractivity contribution in [2.45, 2.75) is 51.0 Å². The smallest absolute Gasteiger partial charge is 0.329 e. The van der Waals surface area contributed by atoms with E-state index in [-0.39, 0.29) is 18.0 Å². The fourth-order valence-corrected chi connectivity index (χ4v) is 4.90. The number of hydrogen-bond donors (Lipinski definition) is 3. The number of nitrogens with one attached hydrogen (secondary N) is 2. The first-order chi connectivity index (χ1) is 14.8. The second-order valence-electron chi connectivity index (χ2n) is 8.69. The molecule has 2 aliphatic heterocycles. The van der Waals surface area contributed by atoms with E-state index < -0.39 is 23.3 Å². The maximum Gasteiger partial charge on any atom is 0.329 e. The number of aliphatic carboxylic acids is 1. The average molecular weight is 428 g/mol. The Morgan fingerprint density at radius 3 is 2.61 bits per heavy atom. The molecule has 9 heteroatoms. The number of carbonyl (C=O) groups is 3. The second kappa shape index (κ2) is 8.30. The van der Waals surface area contributed by atoms with Gasteiger partial charge in [0, 0.05) is 13.5 Å². The lowest BCUT2D eigenvalue weighted by Gasteiger charge is -2.33. The summed E-state index contributed by atoms with van der Waals surface area (Å²) in [6.07, 6.45) is 3.89. The van der Waals surface area contributed by atoms with E-state index in [4.69, 9.17) is 0 Å². The maximum absolute atomic E-state index is 12.9. The summed E-state index contributed by atoms with van der Waals surface area (Å²) in [5, 5.41) is 15.3. The normalized spacial score (nSPS) is 21.3. The van der Waals surface area contributed by atoms with Gasteiger partial charge in [-0.25, -0.2) is 4.79 Å². The van der Waals surface area contributed by atoms with Crippen molar-refractivity contribution in [2.24, 2.45) is 12.5 Å². The van der Waals surface area contributed by atoms with Gasteiger partial charge in [-0.3, -0.25) is 28.8 Å². The molecule has 1 aromatic heterocycles. The van der Waals surface area contributed by atoms with Gasteiger partial charge in [0.2, 0.25) is 11.8 Å². The molecule has 166 valence electrons. The van der Waals surface area contributed by atoms with E-state index >= 15 is 0 Å². The summed E-state index contributed by atoms with van der Waals surface area (Å²) in [6.45, 7) is 1.46. The first-order valence-electron chi connectivity index (χ1n) is 10.8. The Morgan fingerprint density at radius 2 is 1.94 bits per heavy atom. The first kappa shape index (κ1) is 21.3. The van der Waals surface area contributed by atoms with Crippen molar-refractivity contribution in [1.29, 1.82) is 0 Å². The fraction of sp³-hybridized carbons (Fsp3) is 0.545. The molecule has 0 aliphatic carbocycles. The maximum atomic E-state index is 12.9. The highest BCUT2D eigenvalue weighted by Crippen LogP contribution is 2.35. The molecule has 3 N–H and O–H groups in total. The van der Waals surface area contributed by atoms with Crippen molar-refractivity contribution in [2.75, 3.05) is 13.1 Å². The molecule has 1 unspecified atom stereocenters. The number of aryl methyl sites for hydroxylation is 2. The number of carboxylic acids is 1. The SMILES string of the molecule is Cn1c(=O)n(C2CCC(=O)NC2=O)c2ccc(CCCC3(C(=O)O)CCNCC3)cc21. The molecular formula is C22H28N4O5. The van der Waals surface area contributed by atoms with Crippen molar-refractivity contribution >= 4 is 28.8 Å². The van der Waals surface area contributed by atoms with Crippen LogP contribution in [0.5, 0.6) is 0 Å². The second-order valence-corrected chi connectivity index (χ2v) is 8.69. The molecule has 1 aromatic carbocycles. The number of carbonyl (C=O) groups excluding carboxylic acids is 2. The van der Waals surface area contributed by atoms with Gasteiger partial charge >= 0.3 is 11.7 Å². The predicted molar refractivity (Wildman–Crippen MR) is 114 cm³/mol. The Bertz CT molecular complexity index is 1090. The number of nitrogens with zero attached hydrogens (tertiary/aromatic N) is 2. The van der Waals surface area contributed by atoms with Crippen molar-refractivity contribution in [3.8, 4) is 0 Å². The lowest BCUT2D eigenvalue weighted by molar-refractivity contribution is -0.151. The van der Waals surface area contributed by atoms with Gasteiger partial charge in [-0.1, -0.05) is 6.07 Å². The van der Waals surface area contributed by atoms with E-state index in [1.165, 1.54) is 9.13 Å². The predicted octanol–water partition coefficient (Wildman–Crippen LogP) is 1.09. The number of imide groups is 1. The van der Waals surface area contributed by atoms with Gasteiger partial charge in [-0.05, 0) is 69.3 Å². The molecule has 0 spiro atoms. The number of amides is 2. The Kier molecular flexibility index (Phi) is 5.70. The molecule has 2 aliphatic rings. The van der Waals surface area contributed by atoms with E-state index in [2.05, 4.69) is 10.6 Å². The summed E-state index contributed by atoms with van der Waals surface area (Å²) < 4.78 is 2.99. The van der Waals surface area contributed by atoms with Crippen molar-refractivity contribution in [3.05, 3.63) is 34.2 Å². The van der Waals surface area contributed by atoms with E-state index in [1.807, 2.05) is 18.2 Å². The number of rotatable bonds is 6. The quantitative estimate of drug-likeness (QED) is 0.592. The Balaban J connectivity index is 1.54. The minimum atomic E-state index is -0.715. The largest absolute Gasteiger partial charge is 0.481 e. The van der Waals surface area contributed by atoms with E-state index in [0.717, 1.165) is 37.0 Å². The van der Waals surface area contributed by atoms with Crippen LogP contribution in [-0.2, 0) is 27.9 Å². The molecule has 9 nitrogen and oxygen atoms in total. The monoisotopic (exact) mass is 428 g/mol. The van der Waals surface area contributed by atoms with Crippen LogP contribution >= 0.6 is 0 Å². The van der Waals surface area contributed by atoms with Crippen molar-refractivity contribution in [1.82, 2.24) is 19.8 Å². The number of hydrogen-bond acceptors (Lipinski definition) is 5. The minimum absolute atomic E-state index is 0.207. The fourth-order valence-electron chi connectivity index (χ4n) is 4.90. The number of piperidine rings is 2. The highest BCUT2D eigenvalue weighted by atomic mass is 16.4. The lowest BCUT2D eigenvalue weighted by atomic mass is 9.75. The Labute approximate surface area is 179 Å². The molecule has 0 radical (unpaired) electrons. The molecular weight excluding hydrogens is 400 g/mol. The van der Waals surface area contributed by atoms with Crippen LogP contribution < -0.4 is 16.3 Å². The number of benzene rings is 1. The zero-order chi connectivity index (χ0) is 22.2. The van der Waals surface area contributed by atoms with Gasteiger partial charge in [0.1, 0.15) is 6.04 Å². The third-order valence-electron chi connectivity index (χ3n) is 6.81. The van der Waals surface area contributed by atoms with Gasteiger partial charge in [0.15, 0.2) is 0 Å². The first-order valence-corrected chi connectivity index (χ1v) is 10.8. The van der Waals surface area contributed by atoms with Gasteiger partial charge in [-0.15, -0.1) is 0 Å². The zero-order valence-corrected chi connectivity index (χ0v) is 17.6. The number of imidazole rings is 1. The van der Waals surface area contributed by atoms with Crippen LogP contribution in [0.3, 0.4) is 0 Å². The summed E-state index contributed by atoms with van der Waals surface area (Å²) in [7, 11) is 1.67. The van der Waals surface area contributed by atoms with Crippen molar-refractivity contribution < 1.29 is 19.5 Å². The van der Waals surface area contributed by atoms with Gasteiger partial charge in [0.05, 0.1) is 16.4 Å². The molecule has 31 heavy (non-hydrogen) atoms. The summed E-state index contributed by atoms with van der Waals surface area (Å²) >= 11 is 0. The highest BCUT2D eigenvalue weighted by Gasteiger charge is 2.38. The highest BCUT2D eigenvalue weighted by molar-refractivity contribution is 6.00. The molecule has 2 aromatic rings. The topological polar surface area (TPSA) is 122 Å². The lowest BCUT2D eigenvalue weighted by Crippen LogP contribution is -2.44. The standard InChI is InChI=1S/C22H28N4O5/c1-25-17-13-14(3-2-8-22(20(29)30)9-11-23-12-10-22)4-5-15(17)26(21(25)31)16-6-7-18(27)24-19(16)28/h4-5,13,16,23H,2-3,6-12H2,1H3,(H,29,30)(H,24,27,28). The van der Waals surface area contributed by atoms with Crippen LogP contribution in [0.15, 0.2) is 23.0 Å². The third kappa shape index (κ3) is 3.89. The molecule has 0 bridgehead atoms. The third-order valence-corrected chi connectivity index (χ3v) is 6.81. The van der Waals surface area contributed by atoms with Gasteiger partial charge < -0.3 is 10.4 Å². The van der Waals surface area contributed by atoms with E-state index in [1.54, 1.807) is 7.05 Å². The molecule has 0 saturated carbocycles. The molecule has 2 amide bonds. The van der Waals surface area contributed by atoms with Crippen LogP contribution in [-0.4, -0.2) is 45.1 Å². The van der Waals surface area contributed by atoms with Crippen LogP contribution in [0.1, 0.15) is 50.1 Å². The van der Waals surface area contributed by atoms with Crippen molar-refractivity contribution in [3.63, 3.8) is 0 Å². The number of carboxylic acid groups (broad SMARTS) is 1. The van der Waals surface area contributed by atoms with Gasteiger partial charge in [0.25, 0.3) is 0 Å². The minimum Gasteiger partial charge on any atom is -0.481 e. The van der Waals surface area contributed by atoms with Crippen LogP contribution in [0.4, 0.5) is 0 Å². The Hall–Kier alpha value is -2.94. The van der Waals surface area contributed by atoms with E-state index in [0.29, 0.717) is 31.2 Å². The zero-order valence-electron chi connectivity index (χ0n) is 17.6. The molecule has 1 atom stereocenters. The molecule has 2 saturated heterocycles. The summed E-state index contributed by atoms with van der Waals surface area (Å²) in [5.74, 6) is -1.48. The molecule has 4 rings (SSSR count). The Morgan fingerprint density at radius 1 is 1.19 bits per heavy atom. The molecule has 3 heterocycles. The summed E-state index contributed by atoms with van der Waals surface area (Å²) in [4.78, 5) is 48.5. The van der Waals surface area contributed by atoms with Crippen LogP contribution in [0.25, 0.3) is 11.0 Å². The summed E-state index contributed by atoms with van der Waals surface area (Å²) in [6, 6.07) is 5.01. The van der Waals surface area contributed by atoms with Gasteiger partial charge in [-0.2, -0.15) is 0 Å². The average Bonchev–Trinajstić information content (AvgIpc) is 2.99. The van der Waals surface area contributed by atoms with E-state index in [9.17, 15) is 24.3 Å².